The summed E-state index contributed by atoms with van der Waals surface area (Å²) in [5.74, 6) is 1.10. The van der Waals surface area contributed by atoms with Gasteiger partial charge in [-0.05, 0) is 31.6 Å². The first-order chi connectivity index (χ1) is 7.72. The molecule has 1 rings (SSSR count). The number of rotatable bonds is 5. The van der Waals surface area contributed by atoms with Crippen molar-refractivity contribution in [2.75, 3.05) is 6.61 Å². The Hall–Kier alpha value is -1.77. The number of hydrogen-bond acceptors (Lipinski definition) is 3. The zero-order chi connectivity index (χ0) is 11.8. The monoisotopic (exact) mass is 220 g/mol. The minimum atomic E-state index is -0.366. The Kier molecular flexibility index (Phi) is 5.12. The van der Waals surface area contributed by atoms with E-state index in [1.165, 1.54) is 6.08 Å². The van der Waals surface area contributed by atoms with Crippen LogP contribution in [-0.4, -0.2) is 12.6 Å². The van der Waals surface area contributed by atoms with Crippen LogP contribution in [0, 0.1) is 6.92 Å². The average molecular weight is 220 g/mol. The van der Waals surface area contributed by atoms with Crippen LogP contribution in [-0.2, 0) is 9.53 Å². The lowest BCUT2D eigenvalue weighted by molar-refractivity contribution is -0.136. The lowest BCUT2D eigenvalue weighted by Gasteiger charge is -1.95. The molecule has 0 aliphatic rings. The minimum Gasteiger partial charge on any atom is -0.462 e. The molecule has 0 fully saturated rings. The van der Waals surface area contributed by atoms with Crippen molar-refractivity contribution in [1.29, 1.82) is 0 Å². The van der Waals surface area contributed by atoms with Crippen molar-refractivity contribution in [3.05, 3.63) is 41.9 Å². The Bertz CT molecular complexity index is 386. The Morgan fingerprint density at radius 1 is 1.44 bits per heavy atom. The fourth-order valence-corrected chi connectivity index (χ4v) is 1.11. The van der Waals surface area contributed by atoms with Gasteiger partial charge in [-0.15, -0.1) is 0 Å². The summed E-state index contributed by atoms with van der Waals surface area (Å²) in [7, 11) is 0. The Labute approximate surface area is 95.4 Å². The van der Waals surface area contributed by atoms with Crippen molar-refractivity contribution in [2.45, 2.75) is 20.3 Å². The van der Waals surface area contributed by atoms with Crippen LogP contribution in [0.1, 0.15) is 24.9 Å². The van der Waals surface area contributed by atoms with E-state index in [0.717, 1.165) is 12.2 Å². The van der Waals surface area contributed by atoms with Crippen molar-refractivity contribution < 1.29 is 13.9 Å². The molecule has 3 heteroatoms. The van der Waals surface area contributed by atoms with E-state index in [0.29, 0.717) is 12.4 Å². The van der Waals surface area contributed by atoms with Gasteiger partial charge in [0.05, 0.1) is 0 Å². The zero-order valence-corrected chi connectivity index (χ0v) is 9.60. The lowest BCUT2D eigenvalue weighted by atomic mass is 10.4. The summed E-state index contributed by atoms with van der Waals surface area (Å²) < 4.78 is 10.2. The summed E-state index contributed by atoms with van der Waals surface area (Å²) in [4.78, 5) is 11.2. The summed E-state index contributed by atoms with van der Waals surface area (Å²) in [5.41, 5.74) is 0. The summed E-state index contributed by atoms with van der Waals surface area (Å²) in [5, 5.41) is 0. The van der Waals surface area contributed by atoms with Crippen LogP contribution < -0.4 is 0 Å². The highest BCUT2D eigenvalue weighted by Crippen LogP contribution is 2.07. The molecular weight excluding hydrogens is 204 g/mol. The Morgan fingerprint density at radius 2 is 2.25 bits per heavy atom. The second-order valence-corrected chi connectivity index (χ2v) is 3.29. The molecule has 0 N–H and O–H groups in total. The summed E-state index contributed by atoms with van der Waals surface area (Å²) in [6.07, 6.45) is 7.67. The van der Waals surface area contributed by atoms with Gasteiger partial charge in [-0.2, -0.15) is 0 Å². The fourth-order valence-electron chi connectivity index (χ4n) is 1.11. The number of aryl methyl sites for hydroxylation is 1. The van der Waals surface area contributed by atoms with Gasteiger partial charge in [0.25, 0.3) is 0 Å². The quantitative estimate of drug-likeness (QED) is 0.435. The molecular formula is C13H16O3. The molecule has 86 valence electrons. The van der Waals surface area contributed by atoms with Gasteiger partial charge in [0.1, 0.15) is 18.1 Å². The number of allylic oxidation sites excluding steroid dienone is 1. The van der Waals surface area contributed by atoms with E-state index < -0.39 is 0 Å². The third kappa shape index (κ3) is 4.64. The van der Waals surface area contributed by atoms with Gasteiger partial charge < -0.3 is 9.15 Å². The third-order valence-electron chi connectivity index (χ3n) is 1.87. The van der Waals surface area contributed by atoms with Gasteiger partial charge in [0.15, 0.2) is 0 Å². The van der Waals surface area contributed by atoms with E-state index in [4.69, 9.17) is 9.15 Å². The predicted octanol–water partition coefficient (Wildman–Crippen LogP) is 3.11. The van der Waals surface area contributed by atoms with Gasteiger partial charge in [-0.1, -0.05) is 19.1 Å². The molecule has 0 aliphatic heterocycles. The van der Waals surface area contributed by atoms with E-state index in [2.05, 4.69) is 0 Å². The zero-order valence-electron chi connectivity index (χ0n) is 9.60. The molecule has 0 amide bonds. The summed E-state index contributed by atoms with van der Waals surface area (Å²) in [6, 6.07) is 3.64. The average Bonchev–Trinajstić information content (AvgIpc) is 2.68. The number of ether oxygens (including phenoxy) is 1. The molecule has 1 aromatic heterocycles. The van der Waals surface area contributed by atoms with E-state index in [9.17, 15) is 4.79 Å². The number of esters is 1. The Morgan fingerprint density at radius 3 is 2.88 bits per heavy atom. The summed E-state index contributed by atoms with van der Waals surface area (Å²) >= 11 is 0. The maximum absolute atomic E-state index is 11.2. The first-order valence-corrected chi connectivity index (χ1v) is 5.28. The number of carbonyl (C=O) groups is 1. The lowest BCUT2D eigenvalue weighted by Crippen LogP contribution is -1.99. The van der Waals surface area contributed by atoms with Gasteiger partial charge in [-0.3, -0.25) is 0 Å². The second kappa shape index (κ2) is 6.67. The summed E-state index contributed by atoms with van der Waals surface area (Å²) in [6.45, 7) is 4.19. The molecule has 16 heavy (non-hydrogen) atoms. The number of furan rings is 1. The van der Waals surface area contributed by atoms with Gasteiger partial charge in [-0.25, -0.2) is 4.79 Å². The number of carbonyl (C=O) groups excluding carboxylic acids is 1. The third-order valence-corrected chi connectivity index (χ3v) is 1.87. The van der Waals surface area contributed by atoms with Crippen LogP contribution in [0.15, 0.2) is 34.8 Å². The van der Waals surface area contributed by atoms with E-state index in [1.54, 1.807) is 12.1 Å². The van der Waals surface area contributed by atoms with Gasteiger partial charge >= 0.3 is 5.97 Å². The standard InChI is InChI=1S/C13H16O3/c1-3-4-5-10-15-13(14)9-8-12-7-6-11(2)16-12/h4-9H,3,10H2,1-2H3/b5-4+,9-8+. The highest BCUT2D eigenvalue weighted by Gasteiger charge is 1.96. The van der Waals surface area contributed by atoms with Crippen molar-refractivity contribution in [3.63, 3.8) is 0 Å². The van der Waals surface area contributed by atoms with E-state index >= 15 is 0 Å². The van der Waals surface area contributed by atoms with Crippen LogP contribution in [0.25, 0.3) is 6.08 Å². The van der Waals surface area contributed by atoms with Crippen LogP contribution in [0.3, 0.4) is 0 Å². The first kappa shape index (κ1) is 12.3. The van der Waals surface area contributed by atoms with Gasteiger partial charge in [0.2, 0.25) is 0 Å². The molecule has 0 atom stereocenters. The van der Waals surface area contributed by atoms with Crippen LogP contribution >= 0.6 is 0 Å². The van der Waals surface area contributed by atoms with Crippen LogP contribution in [0.5, 0.6) is 0 Å². The predicted molar refractivity (Wildman–Crippen MR) is 62.9 cm³/mol. The molecule has 0 aromatic carbocycles. The molecule has 3 nitrogen and oxygen atoms in total. The van der Waals surface area contributed by atoms with Crippen molar-refractivity contribution in [2.24, 2.45) is 0 Å². The van der Waals surface area contributed by atoms with E-state index in [1.807, 2.05) is 32.1 Å². The SMILES string of the molecule is CC/C=C/COC(=O)/C=C/c1ccc(C)o1. The largest absolute Gasteiger partial charge is 0.462 e. The van der Waals surface area contributed by atoms with E-state index in [-0.39, 0.29) is 5.97 Å². The highest BCUT2D eigenvalue weighted by atomic mass is 16.5. The molecule has 1 aromatic rings. The molecule has 0 saturated carbocycles. The fraction of sp³-hybridized carbons (Fsp3) is 0.308. The van der Waals surface area contributed by atoms with Crippen molar-refractivity contribution >= 4 is 12.0 Å². The van der Waals surface area contributed by atoms with Crippen LogP contribution in [0.4, 0.5) is 0 Å². The smallest absolute Gasteiger partial charge is 0.331 e. The molecule has 0 radical (unpaired) electrons. The molecule has 0 bridgehead atoms. The number of hydrogen-bond donors (Lipinski definition) is 0. The van der Waals surface area contributed by atoms with Gasteiger partial charge in [0, 0.05) is 6.08 Å². The molecule has 0 aliphatic carbocycles. The normalized spacial score (nSPS) is 11.4. The highest BCUT2D eigenvalue weighted by molar-refractivity contribution is 5.86. The maximum Gasteiger partial charge on any atom is 0.331 e. The Balaban J connectivity index is 2.34. The van der Waals surface area contributed by atoms with Crippen molar-refractivity contribution in [3.8, 4) is 0 Å². The topological polar surface area (TPSA) is 39.4 Å². The first-order valence-electron chi connectivity index (χ1n) is 5.28. The minimum absolute atomic E-state index is 0.314. The second-order valence-electron chi connectivity index (χ2n) is 3.29. The van der Waals surface area contributed by atoms with Crippen LogP contribution in [0.2, 0.25) is 0 Å². The molecule has 0 saturated heterocycles. The molecule has 0 spiro atoms. The molecule has 1 heterocycles. The maximum atomic E-state index is 11.2. The molecule has 0 unspecified atom stereocenters. The van der Waals surface area contributed by atoms with Crippen molar-refractivity contribution in [1.82, 2.24) is 0 Å².